The first-order chi connectivity index (χ1) is 5.40. The summed E-state index contributed by atoms with van der Waals surface area (Å²) >= 11 is 0. The van der Waals surface area contributed by atoms with E-state index in [0.717, 1.165) is 5.82 Å². The van der Waals surface area contributed by atoms with Crippen molar-refractivity contribution in [1.82, 2.24) is 9.97 Å². The predicted octanol–water partition coefficient (Wildman–Crippen LogP) is 1.36. The van der Waals surface area contributed by atoms with Gasteiger partial charge in [-0.1, -0.05) is 0 Å². The molecule has 58 valence electrons. The van der Waals surface area contributed by atoms with Crippen molar-refractivity contribution >= 4 is 0 Å². The monoisotopic (exact) mass is 150 g/mol. The van der Waals surface area contributed by atoms with E-state index in [4.69, 9.17) is 4.74 Å². The number of aromatic nitrogens is 2. The molecule has 0 aliphatic heterocycles. The number of rotatable bonds is 2. The van der Waals surface area contributed by atoms with Crippen LogP contribution in [-0.4, -0.2) is 17.1 Å². The van der Waals surface area contributed by atoms with Crippen LogP contribution in [-0.2, 0) is 0 Å². The highest BCUT2D eigenvalue weighted by molar-refractivity contribution is 5.13. The fourth-order valence-corrected chi connectivity index (χ4v) is 1.01. The summed E-state index contributed by atoms with van der Waals surface area (Å²) in [5, 5.41) is 0. The van der Waals surface area contributed by atoms with E-state index in [2.05, 4.69) is 9.97 Å². The second-order valence-corrected chi connectivity index (χ2v) is 2.73. The van der Waals surface area contributed by atoms with Crippen molar-refractivity contribution in [2.24, 2.45) is 0 Å². The molecule has 1 aliphatic rings. The van der Waals surface area contributed by atoms with Crippen LogP contribution >= 0.6 is 0 Å². The summed E-state index contributed by atoms with van der Waals surface area (Å²) in [5.41, 5.74) is 0. The third-order valence-electron chi connectivity index (χ3n) is 1.80. The second kappa shape index (κ2) is 2.49. The summed E-state index contributed by atoms with van der Waals surface area (Å²) < 4.78 is 4.98. The van der Waals surface area contributed by atoms with Crippen LogP contribution in [0.15, 0.2) is 12.3 Å². The molecule has 0 amide bonds. The maximum Gasteiger partial charge on any atom is 0.216 e. The number of ether oxygens (including phenoxy) is 1. The van der Waals surface area contributed by atoms with Crippen LogP contribution in [0.5, 0.6) is 5.88 Å². The lowest BCUT2D eigenvalue weighted by Gasteiger charge is -1.99. The van der Waals surface area contributed by atoms with E-state index in [0.29, 0.717) is 11.8 Å². The summed E-state index contributed by atoms with van der Waals surface area (Å²) in [6.45, 7) is 0. The molecule has 1 fully saturated rings. The average Bonchev–Trinajstić information content (AvgIpc) is 2.87. The van der Waals surface area contributed by atoms with Gasteiger partial charge in [-0.05, 0) is 12.8 Å². The molecule has 0 unspecified atom stereocenters. The standard InChI is InChI=1S/C8H10N2O/c1-11-7-4-5-9-8(10-7)6-2-3-6/h4-6H,2-3H2,1H3. The minimum absolute atomic E-state index is 0.602. The van der Waals surface area contributed by atoms with Gasteiger partial charge in [-0.15, -0.1) is 0 Å². The molecule has 3 nitrogen and oxygen atoms in total. The summed E-state index contributed by atoms with van der Waals surface area (Å²) in [5.74, 6) is 2.20. The van der Waals surface area contributed by atoms with Gasteiger partial charge in [-0.3, -0.25) is 0 Å². The predicted molar refractivity (Wildman–Crippen MR) is 40.6 cm³/mol. The molecule has 2 rings (SSSR count). The van der Waals surface area contributed by atoms with Gasteiger partial charge >= 0.3 is 0 Å². The zero-order valence-electron chi connectivity index (χ0n) is 6.45. The van der Waals surface area contributed by atoms with Crippen molar-refractivity contribution in [3.63, 3.8) is 0 Å². The van der Waals surface area contributed by atoms with E-state index in [1.807, 2.05) is 0 Å². The lowest BCUT2D eigenvalue weighted by molar-refractivity contribution is 0.394. The van der Waals surface area contributed by atoms with Crippen LogP contribution in [0.3, 0.4) is 0 Å². The molecular formula is C8H10N2O. The SMILES string of the molecule is COc1ccnc(C2CC2)n1. The Morgan fingerprint density at radius 3 is 3.00 bits per heavy atom. The fraction of sp³-hybridized carbons (Fsp3) is 0.500. The number of nitrogens with zero attached hydrogens (tertiary/aromatic N) is 2. The molecule has 1 aromatic heterocycles. The molecule has 0 N–H and O–H groups in total. The van der Waals surface area contributed by atoms with Gasteiger partial charge in [-0.25, -0.2) is 4.98 Å². The maximum atomic E-state index is 4.98. The minimum Gasteiger partial charge on any atom is -0.481 e. The molecule has 11 heavy (non-hydrogen) atoms. The van der Waals surface area contributed by atoms with E-state index in [-0.39, 0.29) is 0 Å². The van der Waals surface area contributed by atoms with E-state index in [9.17, 15) is 0 Å². The van der Waals surface area contributed by atoms with E-state index in [1.165, 1.54) is 12.8 Å². The highest BCUT2D eigenvalue weighted by atomic mass is 16.5. The Hall–Kier alpha value is -1.12. The van der Waals surface area contributed by atoms with Gasteiger partial charge in [0.2, 0.25) is 5.88 Å². The van der Waals surface area contributed by atoms with Crippen molar-refractivity contribution < 1.29 is 4.74 Å². The highest BCUT2D eigenvalue weighted by Crippen LogP contribution is 2.38. The molecule has 1 saturated carbocycles. The van der Waals surface area contributed by atoms with Gasteiger partial charge in [-0.2, -0.15) is 4.98 Å². The quantitative estimate of drug-likeness (QED) is 0.638. The summed E-state index contributed by atoms with van der Waals surface area (Å²) in [7, 11) is 1.62. The van der Waals surface area contributed by atoms with Crippen molar-refractivity contribution in [2.75, 3.05) is 7.11 Å². The Kier molecular flexibility index (Phi) is 1.49. The third kappa shape index (κ3) is 1.31. The van der Waals surface area contributed by atoms with Crippen molar-refractivity contribution in [3.05, 3.63) is 18.1 Å². The zero-order valence-corrected chi connectivity index (χ0v) is 6.45. The van der Waals surface area contributed by atoms with Crippen LogP contribution in [0.25, 0.3) is 0 Å². The molecule has 0 bridgehead atoms. The van der Waals surface area contributed by atoms with Crippen molar-refractivity contribution in [2.45, 2.75) is 18.8 Å². The van der Waals surface area contributed by atoms with E-state index >= 15 is 0 Å². The van der Waals surface area contributed by atoms with Crippen molar-refractivity contribution in [1.29, 1.82) is 0 Å². The topological polar surface area (TPSA) is 35.0 Å². The zero-order chi connectivity index (χ0) is 7.68. The molecule has 0 spiro atoms. The largest absolute Gasteiger partial charge is 0.481 e. The molecule has 0 atom stereocenters. The molecule has 0 aromatic carbocycles. The first-order valence-corrected chi connectivity index (χ1v) is 3.77. The van der Waals surface area contributed by atoms with Gasteiger partial charge in [0.15, 0.2) is 0 Å². The van der Waals surface area contributed by atoms with Gasteiger partial charge in [0, 0.05) is 18.2 Å². The Labute approximate surface area is 65.4 Å². The lowest BCUT2D eigenvalue weighted by Crippen LogP contribution is -1.94. The Morgan fingerprint density at radius 1 is 1.55 bits per heavy atom. The summed E-state index contributed by atoms with van der Waals surface area (Å²) in [6, 6.07) is 1.77. The first-order valence-electron chi connectivity index (χ1n) is 3.77. The highest BCUT2D eigenvalue weighted by Gasteiger charge is 2.26. The lowest BCUT2D eigenvalue weighted by atomic mass is 10.4. The smallest absolute Gasteiger partial charge is 0.216 e. The normalized spacial score (nSPS) is 16.5. The first kappa shape index (κ1) is 6.58. The van der Waals surface area contributed by atoms with E-state index in [1.54, 1.807) is 19.4 Å². The van der Waals surface area contributed by atoms with Crippen LogP contribution in [0.1, 0.15) is 24.6 Å². The van der Waals surface area contributed by atoms with Crippen LogP contribution in [0.2, 0.25) is 0 Å². The molecular weight excluding hydrogens is 140 g/mol. The summed E-state index contributed by atoms with van der Waals surface area (Å²) in [6.07, 6.45) is 4.21. The van der Waals surface area contributed by atoms with Gasteiger partial charge < -0.3 is 4.74 Å². The van der Waals surface area contributed by atoms with E-state index < -0.39 is 0 Å². The van der Waals surface area contributed by atoms with Crippen LogP contribution < -0.4 is 4.74 Å². The van der Waals surface area contributed by atoms with Gasteiger partial charge in [0.1, 0.15) is 5.82 Å². The van der Waals surface area contributed by atoms with Gasteiger partial charge in [0.25, 0.3) is 0 Å². The Balaban J connectivity index is 2.26. The number of methoxy groups -OCH3 is 1. The molecule has 1 heterocycles. The van der Waals surface area contributed by atoms with Gasteiger partial charge in [0.05, 0.1) is 7.11 Å². The Morgan fingerprint density at radius 2 is 2.36 bits per heavy atom. The van der Waals surface area contributed by atoms with Crippen LogP contribution in [0, 0.1) is 0 Å². The minimum atomic E-state index is 0.602. The number of hydrogen-bond donors (Lipinski definition) is 0. The average molecular weight is 150 g/mol. The molecule has 0 saturated heterocycles. The Bertz CT molecular complexity index is 258. The molecule has 1 aliphatic carbocycles. The van der Waals surface area contributed by atoms with Crippen LogP contribution in [0.4, 0.5) is 0 Å². The molecule has 1 aromatic rings. The second-order valence-electron chi connectivity index (χ2n) is 2.73. The van der Waals surface area contributed by atoms with Crippen molar-refractivity contribution in [3.8, 4) is 5.88 Å². The number of hydrogen-bond acceptors (Lipinski definition) is 3. The third-order valence-corrected chi connectivity index (χ3v) is 1.80. The summed E-state index contributed by atoms with van der Waals surface area (Å²) in [4.78, 5) is 8.38. The fourth-order valence-electron chi connectivity index (χ4n) is 1.01. The molecule has 0 radical (unpaired) electrons. The molecule has 3 heteroatoms. The maximum absolute atomic E-state index is 4.98.